The second kappa shape index (κ2) is 6.19. The van der Waals surface area contributed by atoms with Crippen molar-refractivity contribution >= 4 is 29.9 Å². The summed E-state index contributed by atoms with van der Waals surface area (Å²) in [6.45, 7) is 0.344. The van der Waals surface area contributed by atoms with Gasteiger partial charge in [-0.05, 0) is 24.5 Å². The van der Waals surface area contributed by atoms with Crippen LogP contribution in [0.2, 0.25) is 0 Å². The Morgan fingerprint density at radius 1 is 1.25 bits per heavy atom. The van der Waals surface area contributed by atoms with E-state index in [4.69, 9.17) is 11.5 Å². The second-order valence-corrected chi connectivity index (χ2v) is 4.95. The minimum absolute atomic E-state index is 0. The first-order chi connectivity index (χ1) is 8.83. The molecule has 0 saturated heterocycles. The first-order valence-electron chi connectivity index (χ1n) is 6.07. The van der Waals surface area contributed by atoms with Gasteiger partial charge in [-0.15, -0.1) is 24.0 Å². The molecule has 0 aromatic heterocycles. The average molecular weight is 399 g/mol. The Kier molecular flexibility index (Phi) is 5.28. The van der Waals surface area contributed by atoms with E-state index in [1.54, 1.807) is 6.07 Å². The largest absolute Gasteiger partial charge is 0.416 e. The van der Waals surface area contributed by atoms with Crippen LogP contribution in [0.25, 0.3) is 0 Å². The molecule has 1 aromatic carbocycles. The van der Waals surface area contributed by atoms with Gasteiger partial charge >= 0.3 is 6.18 Å². The molecule has 1 fully saturated rings. The molecule has 1 saturated carbocycles. The molecule has 0 bridgehead atoms. The maximum Gasteiger partial charge on any atom is 0.416 e. The average Bonchev–Trinajstić information content (AvgIpc) is 2.26. The lowest BCUT2D eigenvalue weighted by atomic mass is 9.64. The molecule has 1 aromatic rings. The molecule has 1 aliphatic rings. The fourth-order valence-electron chi connectivity index (χ4n) is 2.41. The topological polar surface area (TPSA) is 64.4 Å². The van der Waals surface area contributed by atoms with Crippen LogP contribution < -0.4 is 11.5 Å². The van der Waals surface area contributed by atoms with E-state index in [9.17, 15) is 13.2 Å². The summed E-state index contributed by atoms with van der Waals surface area (Å²) in [5.41, 5.74) is 10.3. The number of halogens is 4. The molecule has 0 heterocycles. The lowest BCUT2D eigenvalue weighted by Gasteiger charge is -2.41. The standard InChI is InChI=1S/C13H16F3N3.HI/c14-13(15,16)10-4-1-3-9(7-10)12(5-2-6-12)8-19-11(17)18;/h1,3-4,7H,2,5-6,8H2,(H4,17,18,19);1H. The molecular weight excluding hydrogens is 382 g/mol. The van der Waals surface area contributed by atoms with Crippen LogP contribution >= 0.6 is 24.0 Å². The van der Waals surface area contributed by atoms with Gasteiger partial charge in [0.2, 0.25) is 0 Å². The van der Waals surface area contributed by atoms with E-state index in [1.165, 1.54) is 12.1 Å². The molecule has 0 amide bonds. The zero-order valence-corrected chi connectivity index (χ0v) is 13.1. The van der Waals surface area contributed by atoms with E-state index in [0.29, 0.717) is 12.1 Å². The van der Waals surface area contributed by atoms with Crippen LogP contribution in [0.3, 0.4) is 0 Å². The van der Waals surface area contributed by atoms with E-state index < -0.39 is 11.7 Å². The molecule has 0 spiro atoms. The third-order valence-corrected chi connectivity index (χ3v) is 3.68. The Morgan fingerprint density at radius 3 is 2.35 bits per heavy atom. The third-order valence-electron chi connectivity index (χ3n) is 3.68. The van der Waals surface area contributed by atoms with E-state index in [-0.39, 0.29) is 35.4 Å². The van der Waals surface area contributed by atoms with E-state index in [0.717, 1.165) is 25.3 Å². The summed E-state index contributed by atoms with van der Waals surface area (Å²) in [5.74, 6) is -0.0294. The smallest absolute Gasteiger partial charge is 0.370 e. The maximum atomic E-state index is 12.7. The van der Waals surface area contributed by atoms with Crippen LogP contribution in [0.4, 0.5) is 13.2 Å². The normalized spacial score (nSPS) is 16.8. The number of rotatable bonds is 3. The number of hydrogen-bond acceptors (Lipinski definition) is 1. The molecule has 0 unspecified atom stereocenters. The highest BCUT2D eigenvalue weighted by Gasteiger charge is 2.40. The molecule has 4 N–H and O–H groups in total. The minimum atomic E-state index is -4.32. The van der Waals surface area contributed by atoms with Crippen LogP contribution in [0.1, 0.15) is 30.4 Å². The Hall–Kier alpha value is -0.990. The molecule has 0 atom stereocenters. The Morgan fingerprint density at radius 2 is 1.90 bits per heavy atom. The van der Waals surface area contributed by atoms with Crippen molar-refractivity contribution in [3.05, 3.63) is 35.4 Å². The van der Waals surface area contributed by atoms with E-state index in [1.807, 2.05) is 0 Å². The molecule has 1 aliphatic carbocycles. The summed E-state index contributed by atoms with van der Waals surface area (Å²) in [5, 5.41) is 0. The molecule has 0 aliphatic heterocycles. The number of aliphatic imine (C=N–C) groups is 1. The Balaban J connectivity index is 0.00000200. The summed E-state index contributed by atoms with van der Waals surface area (Å²) in [6, 6.07) is 5.45. The quantitative estimate of drug-likeness (QED) is 0.466. The third kappa shape index (κ3) is 3.56. The predicted octanol–water partition coefficient (Wildman–Crippen LogP) is 3.02. The molecule has 20 heavy (non-hydrogen) atoms. The van der Waals surface area contributed by atoms with Crippen molar-refractivity contribution in [2.45, 2.75) is 30.9 Å². The Labute approximate surface area is 132 Å². The van der Waals surface area contributed by atoms with Crippen molar-refractivity contribution in [3.63, 3.8) is 0 Å². The number of alkyl halides is 3. The fourth-order valence-corrected chi connectivity index (χ4v) is 2.41. The zero-order chi connectivity index (χ0) is 14.1. The SMILES string of the molecule is I.NC(N)=NCC1(c2cccc(C(F)(F)F)c2)CCC1. The molecule has 7 heteroatoms. The number of guanidine groups is 1. The highest BCUT2D eigenvalue weighted by Crippen LogP contribution is 2.45. The lowest BCUT2D eigenvalue weighted by molar-refractivity contribution is -0.137. The molecule has 0 radical (unpaired) electrons. The van der Waals surface area contributed by atoms with Crippen molar-refractivity contribution in [1.82, 2.24) is 0 Å². The van der Waals surface area contributed by atoms with E-state index >= 15 is 0 Å². The van der Waals surface area contributed by atoms with Gasteiger partial charge in [-0.2, -0.15) is 13.2 Å². The van der Waals surface area contributed by atoms with Crippen molar-refractivity contribution in [2.24, 2.45) is 16.5 Å². The van der Waals surface area contributed by atoms with Gasteiger partial charge < -0.3 is 11.5 Å². The van der Waals surface area contributed by atoms with Crippen LogP contribution in [0, 0.1) is 0 Å². The lowest BCUT2D eigenvalue weighted by Crippen LogP contribution is -2.39. The Bertz CT molecular complexity index is 492. The molecular formula is C13H17F3IN3. The van der Waals surface area contributed by atoms with Crippen LogP contribution in [0.15, 0.2) is 29.3 Å². The fraction of sp³-hybridized carbons (Fsp3) is 0.462. The monoisotopic (exact) mass is 399 g/mol. The summed E-state index contributed by atoms with van der Waals surface area (Å²) in [6.07, 6.45) is -1.72. The second-order valence-electron chi connectivity index (χ2n) is 4.95. The van der Waals surface area contributed by atoms with Gasteiger partial charge in [-0.3, -0.25) is 4.99 Å². The summed E-state index contributed by atoms with van der Waals surface area (Å²) in [4.78, 5) is 3.98. The number of benzene rings is 1. The van der Waals surface area contributed by atoms with Gasteiger partial charge in [0.25, 0.3) is 0 Å². The number of nitrogens with zero attached hydrogens (tertiary/aromatic N) is 1. The van der Waals surface area contributed by atoms with Gasteiger partial charge in [-0.1, -0.05) is 24.6 Å². The maximum absolute atomic E-state index is 12.7. The van der Waals surface area contributed by atoms with Crippen molar-refractivity contribution < 1.29 is 13.2 Å². The van der Waals surface area contributed by atoms with Gasteiger partial charge in [0.05, 0.1) is 12.1 Å². The van der Waals surface area contributed by atoms with Gasteiger partial charge in [0.15, 0.2) is 5.96 Å². The van der Waals surface area contributed by atoms with Crippen LogP contribution in [-0.2, 0) is 11.6 Å². The van der Waals surface area contributed by atoms with Gasteiger partial charge in [-0.25, -0.2) is 0 Å². The number of nitrogens with two attached hydrogens (primary N) is 2. The molecule has 2 rings (SSSR count). The summed E-state index contributed by atoms with van der Waals surface area (Å²) >= 11 is 0. The van der Waals surface area contributed by atoms with Crippen molar-refractivity contribution in [3.8, 4) is 0 Å². The summed E-state index contributed by atoms with van der Waals surface area (Å²) in [7, 11) is 0. The first-order valence-corrected chi connectivity index (χ1v) is 6.07. The summed E-state index contributed by atoms with van der Waals surface area (Å²) < 4.78 is 38.2. The highest BCUT2D eigenvalue weighted by molar-refractivity contribution is 14.0. The van der Waals surface area contributed by atoms with Crippen molar-refractivity contribution in [2.75, 3.05) is 6.54 Å². The van der Waals surface area contributed by atoms with Crippen LogP contribution in [0.5, 0.6) is 0 Å². The minimum Gasteiger partial charge on any atom is -0.370 e. The van der Waals surface area contributed by atoms with Gasteiger partial charge in [0, 0.05) is 5.41 Å². The number of hydrogen-bond donors (Lipinski definition) is 2. The predicted molar refractivity (Wildman–Crippen MR) is 83.1 cm³/mol. The first kappa shape index (κ1) is 17.1. The van der Waals surface area contributed by atoms with Gasteiger partial charge in [0.1, 0.15) is 0 Å². The van der Waals surface area contributed by atoms with Crippen molar-refractivity contribution in [1.29, 1.82) is 0 Å². The molecule has 3 nitrogen and oxygen atoms in total. The zero-order valence-electron chi connectivity index (χ0n) is 10.8. The van der Waals surface area contributed by atoms with E-state index in [2.05, 4.69) is 4.99 Å². The highest BCUT2D eigenvalue weighted by atomic mass is 127. The molecule has 112 valence electrons. The van der Waals surface area contributed by atoms with Crippen LogP contribution in [-0.4, -0.2) is 12.5 Å².